The van der Waals surface area contributed by atoms with Crippen LogP contribution in [-0.4, -0.2) is 29.2 Å². The Morgan fingerprint density at radius 3 is 2.83 bits per heavy atom. The van der Waals surface area contributed by atoms with Crippen molar-refractivity contribution in [1.82, 2.24) is 10.3 Å². The number of hydrogen-bond donors (Lipinski definition) is 1. The molecule has 0 spiro atoms. The number of ketones is 1. The number of nitrogens with zero attached hydrogens (tertiary/aromatic N) is 1. The molecule has 2 heterocycles. The number of amides is 2. The molecule has 24 heavy (non-hydrogen) atoms. The Morgan fingerprint density at radius 2 is 2.12 bits per heavy atom. The van der Waals surface area contributed by atoms with E-state index in [1.807, 2.05) is 19.1 Å². The summed E-state index contributed by atoms with van der Waals surface area (Å²) in [6.45, 7) is 3.34. The van der Waals surface area contributed by atoms with Crippen LogP contribution in [0.5, 0.6) is 5.75 Å². The molecule has 1 saturated heterocycles. The standard InChI is InChI=1S/C18H18N2O4/c1-10(21)9-24-13-4-3-12-7-15(11(2)19-16(12)8-13)14-5-6-17(22)20-18(14)23/h3-4,7-8,14H,5-6,9H2,1-2H3,(H,20,22,23). The topological polar surface area (TPSA) is 85.4 Å². The minimum atomic E-state index is -0.353. The Morgan fingerprint density at radius 1 is 1.33 bits per heavy atom. The number of imide groups is 1. The zero-order valence-electron chi connectivity index (χ0n) is 13.6. The van der Waals surface area contributed by atoms with E-state index in [4.69, 9.17) is 4.74 Å². The fourth-order valence-corrected chi connectivity index (χ4v) is 2.88. The first-order chi connectivity index (χ1) is 11.4. The number of fused-ring (bicyclic) bond motifs is 1. The Hall–Kier alpha value is -2.76. The number of hydrogen-bond acceptors (Lipinski definition) is 5. The average Bonchev–Trinajstić information content (AvgIpc) is 2.52. The number of carbonyl (C=O) groups excluding carboxylic acids is 3. The summed E-state index contributed by atoms with van der Waals surface area (Å²) >= 11 is 0. The smallest absolute Gasteiger partial charge is 0.234 e. The fraction of sp³-hybridized carbons (Fsp3) is 0.333. The van der Waals surface area contributed by atoms with Crippen LogP contribution < -0.4 is 10.1 Å². The Balaban J connectivity index is 1.93. The van der Waals surface area contributed by atoms with E-state index in [1.54, 1.807) is 12.1 Å². The number of ether oxygens (including phenoxy) is 1. The lowest BCUT2D eigenvalue weighted by atomic mass is 9.89. The van der Waals surface area contributed by atoms with Gasteiger partial charge >= 0.3 is 0 Å². The van der Waals surface area contributed by atoms with Crippen LogP contribution in [-0.2, 0) is 14.4 Å². The molecule has 6 nitrogen and oxygen atoms in total. The normalized spacial score (nSPS) is 17.7. The third-order valence-corrected chi connectivity index (χ3v) is 4.08. The number of aryl methyl sites for hydroxylation is 1. The molecule has 1 aliphatic heterocycles. The van der Waals surface area contributed by atoms with Crippen LogP contribution in [0.1, 0.15) is 36.9 Å². The molecular weight excluding hydrogens is 308 g/mol. The molecule has 3 rings (SSSR count). The highest BCUT2D eigenvalue weighted by Crippen LogP contribution is 2.30. The van der Waals surface area contributed by atoms with Crippen LogP contribution in [0.2, 0.25) is 0 Å². The maximum atomic E-state index is 12.1. The third-order valence-electron chi connectivity index (χ3n) is 4.08. The molecule has 1 fully saturated rings. The molecule has 1 unspecified atom stereocenters. The number of carbonyl (C=O) groups is 3. The number of pyridine rings is 1. The summed E-state index contributed by atoms with van der Waals surface area (Å²) in [4.78, 5) is 39.0. The van der Waals surface area contributed by atoms with Gasteiger partial charge in [-0.2, -0.15) is 0 Å². The SMILES string of the molecule is CC(=O)COc1ccc2cc(C3CCC(=O)NC3=O)c(C)nc2c1. The monoisotopic (exact) mass is 326 g/mol. The van der Waals surface area contributed by atoms with Gasteiger partial charge in [-0.1, -0.05) is 0 Å². The Labute approximate surface area is 139 Å². The van der Waals surface area contributed by atoms with Crippen molar-refractivity contribution >= 4 is 28.5 Å². The van der Waals surface area contributed by atoms with E-state index in [0.29, 0.717) is 18.6 Å². The second-order valence-electron chi connectivity index (χ2n) is 6.01. The van der Waals surface area contributed by atoms with Crippen LogP contribution in [0.15, 0.2) is 24.3 Å². The van der Waals surface area contributed by atoms with Crippen LogP contribution in [0, 0.1) is 6.92 Å². The summed E-state index contributed by atoms with van der Waals surface area (Å²) in [5, 5.41) is 3.27. The molecule has 124 valence electrons. The highest BCUT2D eigenvalue weighted by atomic mass is 16.5. The van der Waals surface area contributed by atoms with Gasteiger partial charge in [0.2, 0.25) is 11.8 Å². The van der Waals surface area contributed by atoms with E-state index in [0.717, 1.165) is 22.2 Å². The van der Waals surface area contributed by atoms with Gasteiger partial charge in [-0.3, -0.25) is 24.7 Å². The van der Waals surface area contributed by atoms with Crippen LogP contribution in [0.3, 0.4) is 0 Å². The largest absolute Gasteiger partial charge is 0.486 e. The van der Waals surface area contributed by atoms with Gasteiger partial charge in [-0.25, -0.2) is 0 Å². The molecule has 0 saturated carbocycles. The number of rotatable bonds is 4. The average molecular weight is 326 g/mol. The van der Waals surface area contributed by atoms with Crippen LogP contribution >= 0.6 is 0 Å². The van der Waals surface area contributed by atoms with Crippen molar-refractivity contribution in [3.8, 4) is 5.75 Å². The van der Waals surface area contributed by atoms with E-state index in [2.05, 4.69) is 10.3 Å². The van der Waals surface area contributed by atoms with Gasteiger partial charge in [0, 0.05) is 23.6 Å². The van der Waals surface area contributed by atoms with Gasteiger partial charge < -0.3 is 4.74 Å². The minimum absolute atomic E-state index is 0.0266. The van der Waals surface area contributed by atoms with Crippen molar-refractivity contribution in [3.05, 3.63) is 35.5 Å². The summed E-state index contributed by atoms with van der Waals surface area (Å²) in [5.41, 5.74) is 2.33. The molecule has 0 radical (unpaired) electrons. The van der Waals surface area contributed by atoms with Crippen molar-refractivity contribution < 1.29 is 19.1 Å². The Bertz CT molecular complexity index is 844. The van der Waals surface area contributed by atoms with Crippen LogP contribution in [0.4, 0.5) is 0 Å². The summed E-state index contributed by atoms with van der Waals surface area (Å²) < 4.78 is 5.40. The lowest BCUT2D eigenvalue weighted by Crippen LogP contribution is -2.39. The molecule has 1 aliphatic rings. The van der Waals surface area contributed by atoms with E-state index >= 15 is 0 Å². The quantitative estimate of drug-likeness (QED) is 0.869. The van der Waals surface area contributed by atoms with E-state index in [9.17, 15) is 14.4 Å². The maximum absolute atomic E-state index is 12.1. The molecular formula is C18H18N2O4. The summed E-state index contributed by atoms with van der Waals surface area (Å²) in [7, 11) is 0. The number of piperidine rings is 1. The van der Waals surface area contributed by atoms with Crippen molar-refractivity contribution in [3.63, 3.8) is 0 Å². The van der Waals surface area contributed by atoms with E-state index in [-0.39, 0.29) is 30.1 Å². The van der Waals surface area contributed by atoms with Gasteiger partial charge in [0.1, 0.15) is 12.4 Å². The van der Waals surface area contributed by atoms with Gasteiger partial charge in [-0.15, -0.1) is 0 Å². The van der Waals surface area contributed by atoms with Crippen molar-refractivity contribution in [2.24, 2.45) is 0 Å². The van der Waals surface area contributed by atoms with E-state index < -0.39 is 0 Å². The van der Waals surface area contributed by atoms with Gasteiger partial charge in [0.05, 0.1) is 11.4 Å². The molecule has 2 amide bonds. The van der Waals surface area contributed by atoms with E-state index in [1.165, 1.54) is 6.92 Å². The molecule has 0 bridgehead atoms. The summed E-state index contributed by atoms with van der Waals surface area (Å²) in [6.07, 6.45) is 0.838. The van der Waals surface area contributed by atoms with Crippen molar-refractivity contribution in [2.75, 3.05) is 6.61 Å². The molecule has 1 atom stereocenters. The zero-order valence-corrected chi connectivity index (χ0v) is 13.6. The van der Waals surface area contributed by atoms with Gasteiger partial charge in [0.25, 0.3) is 0 Å². The number of nitrogens with one attached hydrogen (secondary N) is 1. The minimum Gasteiger partial charge on any atom is -0.486 e. The third kappa shape index (κ3) is 3.27. The second kappa shape index (κ2) is 6.39. The first-order valence-electron chi connectivity index (χ1n) is 7.81. The summed E-state index contributed by atoms with van der Waals surface area (Å²) in [6, 6.07) is 7.34. The number of Topliss-reactive ketones (excluding diaryl/α,β-unsaturated/α-hetero) is 1. The van der Waals surface area contributed by atoms with Crippen LogP contribution in [0.25, 0.3) is 10.9 Å². The first kappa shape index (κ1) is 16.1. The molecule has 1 aromatic heterocycles. The molecule has 6 heteroatoms. The first-order valence-corrected chi connectivity index (χ1v) is 7.81. The predicted molar refractivity (Wildman–Crippen MR) is 87.8 cm³/mol. The lowest BCUT2D eigenvalue weighted by molar-refractivity contribution is -0.134. The maximum Gasteiger partial charge on any atom is 0.234 e. The van der Waals surface area contributed by atoms with Gasteiger partial charge in [0.15, 0.2) is 5.78 Å². The Kier molecular flexibility index (Phi) is 4.29. The number of aromatic nitrogens is 1. The molecule has 2 aromatic rings. The number of benzene rings is 1. The van der Waals surface area contributed by atoms with Gasteiger partial charge in [-0.05, 0) is 44.0 Å². The summed E-state index contributed by atoms with van der Waals surface area (Å²) in [5.74, 6) is -0.314. The molecule has 1 N–H and O–H groups in total. The zero-order chi connectivity index (χ0) is 17.3. The highest BCUT2D eigenvalue weighted by Gasteiger charge is 2.29. The molecule has 0 aliphatic carbocycles. The highest BCUT2D eigenvalue weighted by molar-refractivity contribution is 6.01. The lowest BCUT2D eigenvalue weighted by Gasteiger charge is -2.22. The second-order valence-corrected chi connectivity index (χ2v) is 6.01. The van der Waals surface area contributed by atoms with Crippen molar-refractivity contribution in [1.29, 1.82) is 0 Å². The van der Waals surface area contributed by atoms with Crippen molar-refractivity contribution in [2.45, 2.75) is 32.6 Å². The fourth-order valence-electron chi connectivity index (χ4n) is 2.88. The predicted octanol–water partition coefficient (Wildman–Crippen LogP) is 2.03. The molecule has 1 aromatic carbocycles.